The van der Waals surface area contributed by atoms with Crippen molar-refractivity contribution in [1.82, 2.24) is 14.2 Å². The summed E-state index contributed by atoms with van der Waals surface area (Å²) in [6.07, 6.45) is 6.05. The number of aromatic nitrogens is 2. The number of thiazole rings is 1. The maximum atomic E-state index is 12.6. The van der Waals surface area contributed by atoms with Crippen molar-refractivity contribution >= 4 is 51.3 Å². The summed E-state index contributed by atoms with van der Waals surface area (Å²) < 4.78 is 4.24. The van der Waals surface area contributed by atoms with Crippen LogP contribution in [0.4, 0.5) is 0 Å². The van der Waals surface area contributed by atoms with Gasteiger partial charge in [0, 0.05) is 24.5 Å². The second kappa shape index (κ2) is 7.74. The van der Waals surface area contributed by atoms with Crippen molar-refractivity contribution in [2.45, 2.75) is 43.5 Å². The fourth-order valence-electron chi connectivity index (χ4n) is 5.56. The SMILES string of the molecule is CSc1c2sc(C3=C(C(=O)O)N4C(=O)[C@H]([C@@H](C)O)[C@H]4[C@H]3C)cn2c[n+]1[C@H]1CCN(C(=N)N)C1. The lowest BCUT2D eigenvalue weighted by Crippen LogP contribution is -2.63. The molecule has 1 amide bonds. The highest BCUT2D eigenvalue weighted by atomic mass is 32.2. The minimum Gasteiger partial charge on any atom is -0.477 e. The molecular weight excluding hydrogens is 464 g/mol. The van der Waals surface area contributed by atoms with Crippen molar-refractivity contribution in [2.75, 3.05) is 19.3 Å². The molecule has 176 valence electrons. The van der Waals surface area contributed by atoms with Gasteiger partial charge in [-0.05, 0) is 13.2 Å². The zero-order valence-corrected chi connectivity index (χ0v) is 20.2. The number of imidazole rings is 1. The number of hydrogen-bond acceptors (Lipinski definition) is 6. The van der Waals surface area contributed by atoms with Crippen molar-refractivity contribution in [3.8, 4) is 0 Å². The summed E-state index contributed by atoms with van der Waals surface area (Å²) in [5, 5.41) is 28.8. The van der Waals surface area contributed by atoms with Gasteiger partial charge in [0.15, 0.2) is 5.96 Å². The molecule has 5 heterocycles. The number of aliphatic hydroxyl groups excluding tert-OH is 1. The summed E-state index contributed by atoms with van der Waals surface area (Å²) in [5.74, 6) is -2.12. The van der Waals surface area contributed by atoms with E-state index in [0.717, 1.165) is 27.7 Å². The van der Waals surface area contributed by atoms with Crippen LogP contribution in [0.3, 0.4) is 0 Å². The van der Waals surface area contributed by atoms with Gasteiger partial charge in [-0.3, -0.25) is 10.2 Å². The fraction of sp³-hybridized carbons (Fsp3) is 0.524. The third-order valence-corrected chi connectivity index (χ3v) is 9.16. The van der Waals surface area contributed by atoms with E-state index in [-0.39, 0.29) is 35.6 Å². The first-order valence-electron chi connectivity index (χ1n) is 10.8. The molecule has 2 fully saturated rings. The number of likely N-dealkylation sites (tertiary alicyclic amines) is 1. The van der Waals surface area contributed by atoms with Gasteiger partial charge in [0.05, 0.1) is 29.5 Å². The molecule has 2 saturated heterocycles. The van der Waals surface area contributed by atoms with Crippen molar-refractivity contribution < 1.29 is 24.4 Å². The second-order valence-corrected chi connectivity index (χ2v) is 10.8. The van der Waals surface area contributed by atoms with E-state index < -0.39 is 18.0 Å². The van der Waals surface area contributed by atoms with Gasteiger partial charge in [-0.1, -0.05) is 30.0 Å². The van der Waals surface area contributed by atoms with E-state index >= 15 is 0 Å². The van der Waals surface area contributed by atoms with Crippen molar-refractivity contribution in [3.63, 3.8) is 0 Å². The van der Waals surface area contributed by atoms with Gasteiger partial charge in [0.25, 0.3) is 6.33 Å². The lowest BCUT2D eigenvalue weighted by atomic mass is 9.77. The number of β-lactam (4-membered cyclic amide) rings is 1. The molecule has 5 atom stereocenters. The van der Waals surface area contributed by atoms with E-state index in [4.69, 9.17) is 11.1 Å². The van der Waals surface area contributed by atoms with E-state index in [1.165, 1.54) is 16.2 Å². The van der Waals surface area contributed by atoms with Crippen LogP contribution in [0.5, 0.6) is 0 Å². The molecule has 12 heteroatoms. The maximum absolute atomic E-state index is 12.6. The highest BCUT2D eigenvalue weighted by Gasteiger charge is 2.60. The number of nitrogens with two attached hydrogens (primary N) is 1. The molecule has 3 aliphatic heterocycles. The van der Waals surface area contributed by atoms with Crippen LogP contribution in [0.15, 0.2) is 23.2 Å². The number of nitrogens with one attached hydrogen (secondary N) is 1. The number of carbonyl (C=O) groups excluding carboxylic acids is 1. The van der Waals surface area contributed by atoms with E-state index in [1.54, 1.807) is 18.7 Å². The molecule has 0 saturated carbocycles. The van der Waals surface area contributed by atoms with Gasteiger partial charge in [-0.2, -0.15) is 4.40 Å². The first-order chi connectivity index (χ1) is 15.6. The van der Waals surface area contributed by atoms with Crippen LogP contribution in [-0.2, 0) is 9.59 Å². The Hall–Kier alpha value is -2.57. The smallest absolute Gasteiger partial charge is 0.352 e. The molecule has 5 rings (SSSR count). The largest absolute Gasteiger partial charge is 0.477 e. The molecule has 0 spiro atoms. The zero-order chi connectivity index (χ0) is 23.8. The lowest BCUT2D eigenvalue weighted by Gasteiger charge is -2.46. The van der Waals surface area contributed by atoms with Gasteiger partial charge in [0.2, 0.25) is 15.8 Å². The monoisotopic (exact) mass is 491 g/mol. The summed E-state index contributed by atoms with van der Waals surface area (Å²) in [5.41, 5.74) is 6.35. The minimum absolute atomic E-state index is 0.0328. The van der Waals surface area contributed by atoms with E-state index in [1.807, 2.05) is 35.0 Å². The lowest BCUT2D eigenvalue weighted by molar-refractivity contribution is -0.751. The van der Waals surface area contributed by atoms with Crippen LogP contribution >= 0.6 is 23.1 Å². The van der Waals surface area contributed by atoms with Gasteiger partial charge in [-0.15, -0.1) is 0 Å². The molecule has 3 aliphatic rings. The van der Waals surface area contributed by atoms with Crippen LogP contribution in [0.2, 0.25) is 0 Å². The number of thioether (sulfide) groups is 1. The number of fused-ring (bicyclic) bond motifs is 2. The second-order valence-electron chi connectivity index (χ2n) is 8.93. The van der Waals surface area contributed by atoms with Crippen LogP contribution in [0, 0.1) is 17.2 Å². The molecule has 33 heavy (non-hydrogen) atoms. The van der Waals surface area contributed by atoms with Gasteiger partial charge in [0.1, 0.15) is 17.9 Å². The number of rotatable bonds is 5. The van der Waals surface area contributed by atoms with Crippen LogP contribution in [0.25, 0.3) is 10.4 Å². The van der Waals surface area contributed by atoms with Crippen molar-refractivity contribution in [2.24, 2.45) is 17.6 Å². The molecule has 10 nitrogen and oxygen atoms in total. The topological polar surface area (TPSA) is 139 Å². The van der Waals surface area contributed by atoms with E-state index in [0.29, 0.717) is 12.1 Å². The first kappa shape index (κ1) is 22.2. The number of carboxylic acids is 1. The van der Waals surface area contributed by atoms with Crippen LogP contribution < -0.4 is 10.3 Å². The highest BCUT2D eigenvalue weighted by molar-refractivity contribution is 7.98. The van der Waals surface area contributed by atoms with Gasteiger partial charge < -0.3 is 25.7 Å². The number of aliphatic hydroxyl groups is 1. The predicted octanol–water partition coefficient (Wildman–Crippen LogP) is 0.804. The van der Waals surface area contributed by atoms with Gasteiger partial charge >= 0.3 is 5.97 Å². The van der Waals surface area contributed by atoms with Crippen molar-refractivity contribution in [3.05, 3.63) is 23.1 Å². The normalized spacial score (nSPS) is 27.9. The standard InChI is InChI=1S/C21H26N6O4S2/c1-9-13(16(20(30)31)27-15(9)14(10(2)28)17(27)29)12-7-25-8-26(19(32-3)18(25)33-12)11-4-5-24(6-11)21(22)23/h7-11,14-15,28H,4-6H2,1-3H3,(H3-,22,23,30,31)/p+1/t9-,10+,11-,14+,15+/m0/s1. The number of carbonyl (C=O) groups is 2. The van der Waals surface area contributed by atoms with Crippen LogP contribution in [0.1, 0.15) is 31.2 Å². The fourth-order valence-corrected chi connectivity index (χ4v) is 7.79. The first-order valence-corrected chi connectivity index (χ1v) is 12.9. The molecule has 0 unspecified atom stereocenters. The summed E-state index contributed by atoms with van der Waals surface area (Å²) in [6.45, 7) is 4.95. The Labute approximate surface area is 198 Å². The maximum Gasteiger partial charge on any atom is 0.352 e. The van der Waals surface area contributed by atoms with E-state index in [2.05, 4.69) is 4.57 Å². The van der Waals surface area contributed by atoms with Crippen molar-refractivity contribution in [1.29, 1.82) is 5.41 Å². The number of amides is 1. The molecule has 2 aromatic rings. The summed E-state index contributed by atoms with van der Waals surface area (Å²) in [7, 11) is 0. The Morgan fingerprint density at radius 1 is 1.45 bits per heavy atom. The van der Waals surface area contributed by atoms with Crippen LogP contribution in [-0.4, -0.2) is 73.7 Å². The third-order valence-electron chi connectivity index (χ3n) is 7.09. The Bertz CT molecular complexity index is 1220. The Balaban J connectivity index is 1.55. The number of hydrogen-bond donors (Lipinski definition) is 4. The zero-order valence-electron chi connectivity index (χ0n) is 18.6. The summed E-state index contributed by atoms with van der Waals surface area (Å²) >= 11 is 3.15. The average molecular weight is 492 g/mol. The molecule has 0 radical (unpaired) electrons. The molecular formula is C21H27N6O4S2+. The predicted molar refractivity (Wildman–Crippen MR) is 124 cm³/mol. The Morgan fingerprint density at radius 3 is 2.76 bits per heavy atom. The summed E-state index contributed by atoms with van der Waals surface area (Å²) in [6, 6.07) is -0.126. The molecule has 0 aromatic carbocycles. The Morgan fingerprint density at radius 2 is 2.18 bits per heavy atom. The van der Waals surface area contributed by atoms with E-state index in [9.17, 15) is 19.8 Å². The van der Waals surface area contributed by atoms with Gasteiger partial charge in [-0.25, -0.2) is 9.36 Å². The third kappa shape index (κ3) is 3.11. The number of nitrogens with zero attached hydrogens (tertiary/aromatic N) is 4. The number of carboxylic acid groups (broad SMARTS) is 1. The number of aliphatic carboxylic acids is 1. The highest BCUT2D eigenvalue weighted by Crippen LogP contribution is 2.51. The molecule has 2 aromatic heterocycles. The number of guanidine groups is 1. The molecule has 5 N–H and O–H groups in total. The quantitative estimate of drug-likeness (QED) is 0.160. The molecule has 0 bridgehead atoms. The Kier molecular flexibility index (Phi) is 5.22. The summed E-state index contributed by atoms with van der Waals surface area (Å²) in [4.78, 5) is 29.9. The minimum atomic E-state index is -1.12. The average Bonchev–Trinajstić information content (AvgIpc) is 3.47. The molecule has 0 aliphatic carbocycles.